The Kier molecular flexibility index (Phi) is 5.58. The van der Waals surface area contributed by atoms with Gasteiger partial charge in [0.15, 0.2) is 0 Å². The van der Waals surface area contributed by atoms with Gasteiger partial charge in [0.1, 0.15) is 11.6 Å². The predicted molar refractivity (Wildman–Crippen MR) is 99.8 cm³/mol. The van der Waals surface area contributed by atoms with Crippen LogP contribution in [-0.2, 0) is 0 Å². The molecule has 0 aliphatic carbocycles. The Labute approximate surface area is 155 Å². The Morgan fingerprint density at radius 1 is 1.32 bits per heavy atom. The molecule has 1 fully saturated rings. The topological polar surface area (TPSA) is 41.6 Å². The number of ether oxygens (including phenoxy) is 1. The van der Waals surface area contributed by atoms with E-state index in [0.717, 1.165) is 29.5 Å². The second kappa shape index (κ2) is 7.87. The number of hydrogen-bond acceptors (Lipinski definition) is 3. The minimum atomic E-state index is -0.246. The summed E-state index contributed by atoms with van der Waals surface area (Å²) in [5.74, 6) is 0.249. The number of rotatable bonds is 4. The van der Waals surface area contributed by atoms with E-state index < -0.39 is 0 Å². The third-order valence-electron chi connectivity index (χ3n) is 4.35. The maximum atomic E-state index is 13.5. The summed E-state index contributed by atoms with van der Waals surface area (Å²) in [5.41, 5.74) is 1.39. The van der Waals surface area contributed by atoms with E-state index in [1.165, 1.54) is 12.1 Å². The van der Waals surface area contributed by atoms with Crippen LogP contribution in [0.1, 0.15) is 23.2 Å². The molecule has 25 heavy (non-hydrogen) atoms. The molecule has 1 heterocycles. The number of hydrogen-bond donors (Lipinski definition) is 1. The average molecular weight is 407 g/mol. The number of benzene rings is 2. The highest BCUT2D eigenvalue weighted by molar-refractivity contribution is 9.10. The number of anilines is 1. The Morgan fingerprint density at radius 3 is 2.92 bits per heavy atom. The van der Waals surface area contributed by atoms with Crippen LogP contribution >= 0.6 is 15.9 Å². The first-order chi connectivity index (χ1) is 12.1. The van der Waals surface area contributed by atoms with Crippen LogP contribution < -0.4 is 15.0 Å². The lowest BCUT2D eigenvalue weighted by molar-refractivity contribution is 0.0932. The van der Waals surface area contributed by atoms with Gasteiger partial charge in [-0.05, 0) is 65.2 Å². The second-order valence-corrected chi connectivity index (χ2v) is 6.94. The van der Waals surface area contributed by atoms with Crippen molar-refractivity contribution in [1.29, 1.82) is 0 Å². The van der Waals surface area contributed by atoms with Crippen molar-refractivity contribution in [2.75, 3.05) is 25.1 Å². The number of nitrogens with zero attached hydrogens (tertiary/aromatic N) is 1. The molecule has 0 spiro atoms. The molecular formula is C19H20BrFN2O2. The fourth-order valence-electron chi connectivity index (χ4n) is 3.07. The van der Waals surface area contributed by atoms with Gasteiger partial charge in [-0.2, -0.15) is 0 Å². The monoisotopic (exact) mass is 406 g/mol. The van der Waals surface area contributed by atoms with Gasteiger partial charge in [0.2, 0.25) is 0 Å². The smallest absolute Gasteiger partial charge is 0.252 e. The van der Waals surface area contributed by atoms with Crippen LogP contribution in [0.2, 0.25) is 0 Å². The van der Waals surface area contributed by atoms with Gasteiger partial charge >= 0.3 is 0 Å². The third kappa shape index (κ3) is 4.31. The van der Waals surface area contributed by atoms with Gasteiger partial charge in [0, 0.05) is 29.3 Å². The first-order valence-electron chi connectivity index (χ1n) is 8.22. The Balaban J connectivity index is 1.69. The zero-order chi connectivity index (χ0) is 17.8. The van der Waals surface area contributed by atoms with Crippen molar-refractivity contribution in [3.63, 3.8) is 0 Å². The van der Waals surface area contributed by atoms with Gasteiger partial charge in [-0.3, -0.25) is 4.79 Å². The third-order valence-corrected chi connectivity index (χ3v) is 5.04. The van der Waals surface area contributed by atoms with Crippen LogP contribution in [0.3, 0.4) is 0 Å². The number of halogens is 2. The number of amides is 1. The van der Waals surface area contributed by atoms with Gasteiger partial charge in [-0.1, -0.05) is 6.07 Å². The SMILES string of the molecule is COc1ccc(Br)c(C(=O)NC2CCCN(c3cccc(F)c3)C2)c1. The van der Waals surface area contributed by atoms with Gasteiger partial charge in [0.05, 0.1) is 12.7 Å². The molecule has 1 aliphatic heterocycles. The second-order valence-electron chi connectivity index (χ2n) is 6.08. The zero-order valence-corrected chi connectivity index (χ0v) is 15.6. The fourth-order valence-corrected chi connectivity index (χ4v) is 3.50. The Morgan fingerprint density at radius 2 is 2.16 bits per heavy atom. The molecule has 1 atom stereocenters. The normalized spacial score (nSPS) is 17.2. The molecule has 3 rings (SSSR count). The van der Waals surface area contributed by atoms with E-state index >= 15 is 0 Å². The summed E-state index contributed by atoms with van der Waals surface area (Å²) < 4.78 is 19.4. The molecule has 2 aromatic rings. The first kappa shape index (κ1) is 17.7. The van der Waals surface area contributed by atoms with E-state index in [1.54, 1.807) is 31.4 Å². The Bertz CT molecular complexity index is 769. The van der Waals surface area contributed by atoms with Crippen molar-refractivity contribution in [2.24, 2.45) is 0 Å². The summed E-state index contributed by atoms with van der Waals surface area (Å²) in [4.78, 5) is 14.7. The zero-order valence-electron chi connectivity index (χ0n) is 14.0. The van der Waals surface area contributed by atoms with Crippen LogP contribution in [0.4, 0.5) is 10.1 Å². The highest BCUT2D eigenvalue weighted by Crippen LogP contribution is 2.24. The molecule has 2 aromatic carbocycles. The van der Waals surface area contributed by atoms with Crippen LogP contribution in [0.5, 0.6) is 5.75 Å². The fraction of sp³-hybridized carbons (Fsp3) is 0.316. The largest absolute Gasteiger partial charge is 0.497 e. The van der Waals surface area contributed by atoms with E-state index in [4.69, 9.17) is 4.74 Å². The number of methoxy groups -OCH3 is 1. The Hall–Kier alpha value is -2.08. The number of carbonyl (C=O) groups excluding carboxylic acids is 1. The number of carbonyl (C=O) groups is 1. The van der Waals surface area contributed by atoms with Crippen molar-refractivity contribution >= 4 is 27.5 Å². The molecule has 0 radical (unpaired) electrons. The van der Waals surface area contributed by atoms with E-state index in [1.807, 2.05) is 6.07 Å². The summed E-state index contributed by atoms with van der Waals surface area (Å²) in [6.45, 7) is 1.52. The summed E-state index contributed by atoms with van der Waals surface area (Å²) in [5, 5.41) is 3.08. The molecule has 1 aliphatic rings. The lowest BCUT2D eigenvalue weighted by atomic mass is 10.0. The van der Waals surface area contributed by atoms with E-state index in [2.05, 4.69) is 26.1 Å². The highest BCUT2D eigenvalue weighted by atomic mass is 79.9. The highest BCUT2D eigenvalue weighted by Gasteiger charge is 2.23. The van der Waals surface area contributed by atoms with Gasteiger partial charge < -0.3 is 15.0 Å². The van der Waals surface area contributed by atoms with Gasteiger partial charge in [-0.25, -0.2) is 4.39 Å². The minimum Gasteiger partial charge on any atom is -0.497 e. The molecule has 1 N–H and O–H groups in total. The molecule has 0 aromatic heterocycles. The summed E-state index contributed by atoms with van der Waals surface area (Å²) in [7, 11) is 1.57. The number of piperidine rings is 1. The average Bonchev–Trinajstić information content (AvgIpc) is 2.62. The maximum absolute atomic E-state index is 13.5. The molecule has 0 bridgehead atoms. The molecule has 132 valence electrons. The van der Waals surface area contributed by atoms with Crippen molar-refractivity contribution in [3.05, 3.63) is 58.3 Å². The van der Waals surface area contributed by atoms with Crippen LogP contribution in [-0.4, -0.2) is 32.1 Å². The molecular weight excluding hydrogens is 387 g/mol. The minimum absolute atomic E-state index is 0.0163. The lowest BCUT2D eigenvalue weighted by Gasteiger charge is -2.34. The van der Waals surface area contributed by atoms with E-state index in [-0.39, 0.29) is 17.8 Å². The van der Waals surface area contributed by atoms with Crippen molar-refractivity contribution in [3.8, 4) is 5.75 Å². The summed E-state index contributed by atoms with van der Waals surface area (Å²) >= 11 is 3.41. The van der Waals surface area contributed by atoms with Crippen molar-refractivity contribution < 1.29 is 13.9 Å². The van der Waals surface area contributed by atoms with E-state index in [0.29, 0.717) is 17.9 Å². The summed E-state index contributed by atoms with van der Waals surface area (Å²) in [6, 6.07) is 11.9. The lowest BCUT2D eigenvalue weighted by Crippen LogP contribution is -2.47. The molecule has 1 amide bonds. The molecule has 0 saturated carbocycles. The van der Waals surface area contributed by atoms with Crippen LogP contribution in [0, 0.1) is 5.82 Å². The summed E-state index contributed by atoms with van der Waals surface area (Å²) in [6.07, 6.45) is 1.85. The van der Waals surface area contributed by atoms with Gasteiger partial charge in [-0.15, -0.1) is 0 Å². The van der Waals surface area contributed by atoms with Gasteiger partial charge in [0.25, 0.3) is 5.91 Å². The molecule has 1 saturated heterocycles. The van der Waals surface area contributed by atoms with Crippen LogP contribution in [0.25, 0.3) is 0 Å². The van der Waals surface area contributed by atoms with Crippen LogP contribution in [0.15, 0.2) is 46.9 Å². The predicted octanol–water partition coefficient (Wildman–Crippen LogP) is 4.00. The first-order valence-corrected chi connectivity index (χ1v) is 9.01. The standard InChI is InChI=1S/C19H20BrFN2O2/c1-25-16-7-8-18(20)17(11-16)19(24)22-14-5-3-9-23(12-14)15-6-2-4-13(21)10-15/h2,4,6-8,10-11,14H,3,5,9,12H2,1H3,(H,22,24). The quantitative estimate of drug-likeness (QED) is 0.834. The molecule has 4 nitrogen and oxygen atoms in total. The van der Waals surface area contributed by atoms with Crippen molar-refractivity contribution in [2.45, 2.75) is 18.9 Å². The molecule has 1 unspecified atom stereocenters. The number of nitrogens with one attached hydrogen (secondary N) is 1. The van der Waals surface area contributed by atoms with E-state index in [9.17, 15) is 9.18 Å². The van der Waals surface area contributed by atoms with Crippen molar-refractivity contribution in [1.82, 2.24) is 5.32 Å². The maximum Gasteiger partial charge on any atom is 0.252 e. The molecule has 6 heteroatoms.